The number of aromatic amines is 1. The van der Waals surface area contributed by atoms with E-state index in [-0.39, 0.29) is 17.7 Å². The summed E-state index contributed by atoms with van der Waals surface area (Å²) in [6.07, 6.45) is 7.47. The molecule has 3 heterocycles. The van der Waals surface area contributed by atoms with Crippen molar-refractivity contribution in [1.29, 1.82) is 0 Å². The van der Waals surface area contributed by atoms with E-state index in [1.807, 2.05) is 19.2 Å². The van der Waals surface area contributed by atoms with E-state index >= 15 is 0 Å². The first-order valence-electron chi connectivity index (χ1n) is 9.85. The molecule has 4 rings (SSSR count). The summed E-state index contributed by atoms with van der Waals surface area (Å²) in [5.41, 5.74) is 3.48. The van der Waals surface area contributed by atoms with Gasteiger partial charge >= 0.3 is 7.05 Å². The third-order valence-electron chi connectivity index (χ3n) is 5.70. The van der Waals surface area contributed by atoms with Crippen LogP contribution in [0.25, 0.3) is 11.0 Å². The highest BCUT2D eigenvalue weighted by atomic mass is 32.2. The van der Waals surface area contributed by atoms with Crippen LogP contribution < -0.4 is 10.2 Å². The standard InChI is InChI=1S/C18H26BN5O3S/c1-3-10-28(26,27)23-13-6-4-12(5-7-13)17-16-14-8-9-20-18(14)21-11-15(16)19(25)24(2)22-17/h8-9,11-13,23,25H,3-7,10H2,1-2H3,(H,20,21)/t12-,13-. The van der Waals surface area contributed by atoms with Gasteiger partial charge in [-0.1, -0.05) is 6.92 Å². The second-order valence-electron chi connectivity index (χ2n) is 7.75. The fourth-order valence-electron chi connectivity index (χ4n) is 4.33. The Balaban J connectivity index is 1.58. The van der Waals surface area contributed by atoms with Gasteiger partial charge in [0.15, 0.2) is 0 Å². The third-order valence-corrected chi connectivity index (χ3v) is 7.34. The summed E-state index contributed by atoms with van der Waals surface area (Å²) in [6, 6.07) is 1.96. The maximum absolute atomic E-state index is 12.1. The van der Waals surface area contributed by atoms with Crippen molar-refractivity contribution in [2.75, 3.05) is 12.8 Å². The van der Waals surface area contributed by atoms with E-state index in [4.69, 9.17) is 5.10 Å². The molecule has 0 bridgehead atoms. The highest BCUT2D eigenvalue weighted by Crippen LogP contribution is 2.31. The summed E-state index contributed by atoms with van der Waals surface area (Å²) < 4.78 is 27.0. The van der Waals surface area contributed by atoms with Gasteiger partial charge in [0.1, 0.15) is 5.65 Å². The predicted octanol–water partition coefficient (Wildman–Crippen LogP) is 0.788. The van der Waals surface area contributed by atoms with Gasteiger partial charge in [0.05, 0.1) is 11.5 Å². The van der Waals surface area contributed by atoms with Crippen LogP contribution in [-0.4, -0.2) is 59.9 Å². The van der Waals surface area contributed by atoms with Crippen LogP contribution in [0.1, 0.15) is 44.6 Å². The monoisotopic (exact) mass is 403 g/mol. The van der Waals surface area contributed by atoms with E-state index in [0.29, 0.717) is 6.42 Å². The molecule has 2 aliphatic rings. The number of H-pyrrole nitrogens is 1. The largest absolute Gasteiger partial charge is 0.468 e. The van der Waals surface area contributed by atoms with Gasteiger partial charge in [0, 0.05) is 47.8 Å². The number of aromatic nitrogens is 2. The average Bonchev–Trinajstić information content (AvgIpc) is 3.13. The molecule has 28 heavy (non-hydrogen) atoms. The van der Waals surface area contributed by atoms with Crippen LogP contribution >= 0.6 is 0 Å². The lowest BCUT2D eigenvalue weighted by Gasteiger charge is -2.34. The van der Waals surface area contributed by atoms with Crippen LogP contribution in [0.3, 0.4) is 0 Å². The fraction of sp³-hybridized carbons (Fsp3) is 0.556. The van der Waals surface area contributed by atoms with Crippen LogP contribution in [0.5, 0.6) is 0 Å². The third kappa shape index (κ3) is 3.56. The summed E-state index contributed by atoms with van der Waals surface area (Å²) in [7, 11) is -2.25. The highest BCUT2D eigenvalue weighted by molar-refractivity contribution is 7.89. The lowest BCUT2D eigenvalue weighted by molar-refractivity contribution is 0.364. The van der Waals surface area contributed by atoms with E-state index in [1.54, 1.807) is 18.2 Å². The second kappa shape index (κ2) is 7.49. The molecular formula is C18H26BN5O3S. The van der Waals surface area contributed by atoms with Crippen LogP contribution in [0.15, 0.2) is 23.6 Å². The zero-order valence-electron chi connectivity index (χ0n) is 16.2. The molecule has 8 nitrogen and oxygen atoms in total. The molecule has 0 atom stereocenters. The topological polar surface area (TPSA) is 111 Å². The first-order chi connectivity index (χ1) is 13.4. The first-order valence-corrected chi connectivity index (χ1v) is 11.5. The number of hydrogen-bond donors (Lipinski definition) is 3. The molecule has 2 aromatic rings. The SMILES string of the molecule is CCCS(=O)(=O)N[C@H]1CC[C@H](C2=NN(C)B(O)c3cnc4[nH]ccc4c32)CC1. The van der Waals surface area contributed by atoms with Gasteiger partial charge in [-0.3, -0.25) is 0 Å². The fourth-order valence-corrected chi connectivity index (χ4v) is 5.73. The molecule has 3 N–H and O–H groups in total. The van der Waals surface area contributed by atoms with Gasteiger partial charge in [0.25, 0.3) is 0 Å². The molecule has 2 aromatic heterocycles. The minimum atomic E-state index is -3.19. The molecule has 1 aliphatic heterocycles. The van der Waals surface area contributed by atoms with Crippen molar-refractivity contribution in [1.82, 2.24) is 19.6 Å². The van der Waals surface area contributed by atoms with Gasteiger partial charge in [-0.2, -0.15) is 5.10 Å². The molecule has 0 unspecified atom stereocenters. The normalized spacial score (nSPS) is 23.0. The van der Waals surface area contributed by atoms with Crippen molar-refractivity contribution in [2.24, 2.45) is 11.0 Å². The van der Waals surface area contributed by atoms with Crippen molar-refractivity contribution in [3.63, 3.8) is 0 Å². The van der Waals surface area contributed by atoms with E-state index in [0.717, 1.165) is 53.5 Å². The molecule has 0 saturated heterocycles. The summed E-state index contributed by atoms with van der Waals surface area (Å²) in [5.74, 6) is 0.398. The number of nitrogens with one attached hydrogen (secondary N) is 2. The molecule has 1 saturated carbocycles. The van der Waals surface area contributed by atoms with Gasteiger partial charge in [-0.25, -0.2) is 18.1 Å². The maximum atomic E-state index is 12.1. The second-order valence-corrected chi connectivity index (χ2v) is 9.62. The summed E-state index contributed by atoms with van der Waals surface area (Å²) in [4.78, 5) is 9.12. The molecule has 0 radical (unpaired) electrons. The summed E-state index contributed by atoms with van der Waals surface area (Å²) >= 11 is 0. The Morgan fingerprint density at radius 1 is 1.36 bits per heavy atom. The van der Waals surface area contributed by atoms with E-state index < -0.39 is 17.1 Å². The Bertz CT molecular complexity index is 998. The molecule has 0 amide bonds. The van der Waals surface area contributed by atoms with Crippen molar-refractivity contribution < 1.29 is 13.4 Å². The quantitative estimate of drug-likeness (QED) is 0.640. The lowest BCUT2D eigenvalue weighted by atomic mass is 9.67. The molecule has 1 aliphatic carbocycles. The highest BCUT2D eigenvalue weighted by Gasteiger charge is 2.37. The van der Waals surface area contributed by atoms with Gasteiger partial charge < -0.3 is 14.9 Å². The van der Waals surface area contributed by atoms with Crippen molar-refractivity contribution in [2.45, 2.75) is 45.1 Å². The number of hydrogen-bond acceptors (Lipinski definition) is 6. The predicted molar refractivity (Wildman–Crippen MR) is 111 cm³/mol. The minimum Gasteiger partial charge on any atom is -0.428 e. The summed E-state index contributed by atoms with van der Waals surface area (Å²) in [6.45, 7) is 1.87. The van der Waals surface area contributed by atoms with Crippen molar-refractivity contribution in [3.05, 3.63) is 24.0 Å². The van der Waals surface area contributed by atoms with Crippen LogP contribution in [-0.2, 0) is 10.0 Å². The molecule has 10 heteroatoms. The lowest BCUT2D eigenvalue weighted by Crippen LogP contribution is -2.51. The number of fused-ring (bicyclic) bond motifs is 3. The van der Waals surface area contributed by atoms with Crippen LogP contribution in [0.4, 0.5) is 0 Å². The van der Waals surface area contributed by atoms with Crippen LogP contribution in [0, 0.1) is 5.92 Å². The van der Waals surface area contributed by atoms with Gasteiger partial charge in [-0.15, -0.1) is 0 Å². The van der Waals surface area contributed by atoms with Gasteiger partial charge in [-0.05, 0) is 38.2 Å². The molecule has 150 valence electrons. The maximum Gasteiger partial charge on any atom is 0.468 e. The van der Waals surface area contributed by atoms with E-state index in [9.17, 15) is 13.4 Å². The van der Waals surface area contributed by atoms with E-state index in [1.165, 1.54) is 0 Å². The number of nitrogens with zero attached hydrogens (tertiary/aromatic N) is 3. The number of rotatable bonds is 5. The zero-order valence-corrected chi connectivity index (χ0v) is 17.0. The van der Waals surface area contributed by atoms with Crippen molar-refractivity contribution in [3.8, 4) is 0 Å². The molecule has 0 spiro atoms. The van der Waals surface area contributed by atoms with Crippen LogP contribution in [0.2, 0.25) is 0 Å². The average molecular weight is 403 g/mol. The van der Waals surface area contributed by atoms with Crippen molar-refractivity contribution >= 4 is 39.3 Å². The number of hydrazone groups is 1. The summed E-state index contributed by atoms with van der Waals surface area (Å²) in [5, 5.41) is 16.2. The number of pyridine rings is 1. The first kappa shape index (κ1) is 19.4. The molecule has 0 aromatic carbocycles. The Labute approximate surface area is 165 Å². The molecular weight excluding hydrogens is 377 g/mol. The number of sulfonamides is 1. The zero-order chi connectivity index (χ0) is 19.9. The Hall–Kier alpha value is -1.91. The smallest absolute Gasteiger partial charge is 0.428 e. The van der Waals surface area contributed by atoms with E-state index in [2.05, 4.69) is 14.7 Å². The Morgan fingerprint density at radius 3 is 2.82 bits per heavy atom. The Kier molecular flexibility index (Phi) is 5.20. The minimum absolute atomic E-state index is 0.00972. The Morgan fingerprint density at radius 2 is 2.11 bits per heavy atom. The molecule has 1 fully saturated rings. The van der Waals surface area contributed by atoms with Gasteiger partial charge in [0.2, 0.25) is 10.0 Å².